The maximum atomic E-state index is 11.5. The molecule has 1 aliphatic heterocycles. The quantitative estimate of drug-likeness (QED) is 0.578. The number of nitrogens with one attached hydrogen (secondary N) is 2. The van der Waals surface area contributed by atoms with E-state index in [0.717, 1.165) is 25.3 Å². The van der Waals surface area contributed by atoms with Crippen LogP contribution in [0.25, 0.3) is 0 Å². The Labute approximate surface area is 140 Å². The lowest BCUT2D eigenvalue weighted by atomic mass is 9.56. The highest BCUT2D eigenvalue weighted by Crippen LogP contribution is 2.51. The first-order chi connectivity index (χ1) is 10.6. The Morgan fingerprint density at radius 1 is 1.35 bits per heavy atom. The van der Waals surface area contributed by atoms with Crippen LogP contribution in [-0.2, 0) is 14.6 Å². The van der Waals surface area contributed by atoms with E-state index in [2.05, 4.69) is 36.4 Å². The first-order valence-corrected chi connectivity index (χ1v) is 10.3. The number of ether oxygens (including phenoxy) is 1. The second-order valence-corrected chi connectivity index (χ2v) is 9.78. The maximum absolute atomic E-state index is 11.5. The third-order valence-electron chi connectivity index (χ3n) is 5.77. The molecule has 2 aliphatic rings. The standard InChI is InChI=1S/C16H31N3O3S/c1-6-17-14(18-10-12-7-8-23(20,21)11-12)19-13-9-16(4,22-5)15(13,2)3/h12-13H,6-11H2,1-5H3,(H2,17,18,19). The Balaban J connectivity index is 1.96. The predicted molar refractivity (Wildman–Crippen MR) is 93.5 cm³/mol. The van der Waals surface area contributed by atoms with Crippen LogP contribution in [-0.4, -0.2) is 57.7 Å². The minimum atomic E-state index is -2.84. The van der Waals surface area contributed by atoms with Gasteiger partial charge in [0.05, 0.1) is 17.1 Å². The molecule has 3 unspecified atom stereocenters. The summed E-state index contributed by atoms with van der Waals surface area (Å²) < 4.78 is 28.7. The van der Waals surface area contributed by atoms with Gasteiger partial charge in [0.1, 0.15) is 0 Å². The monoisotopic (exact) mass is 345 g/mol. The fourth-order valence-corrected chi connectivity index (χ4v) is 5.29. The van der Waals surface area contributed by atoms with E-state index < -0.39 is 9.84 Å². The molecule has 0 aromatic heterocycles. The summed E-state index contributed by atoms with van der Waals surface area (Å²) in [7, 11) is -1.07. The molecule has 0 bridgehead atoms. The molecule has 0 aromatic rings. The smallest absolute Gasteiger partial charge is 0.191 e. The van der Waals surface area contributed by atoms with Gasteiger partial charge >= 0.3 is 0 Å². The molecule has 2 fully saturated rings. The summed E-state index contributed by atoms with van der Waals surface area (Å²) in [6.07, 6.45) is 1.65. The number of hydrogen-bond acceptors (Lipinski definition) is 4. The normalized spacial score (nSPS) is 35.6. The van der Waals surface area contributed by atoms with E-state index in [-0.39, 0.29) is 28.7 Å². The molecular formula is C16H31N3O3S. The van der Waals surface area contributed by atoms with E-state index in [1.807, 2.05) is 6.92 Å². The molecule has 0 aromatic carbocycles. The molecule has 1 aliphatic carbocycles. The first kappa shape index (κ1) is 18.5. The van der Waals surface area contributed by atoms with Crippen LogP contribution >= 0.6 is 0 Å². The third kappa shape index (κ3) is 3.82. The van der Waals surface area contributed by atoms with Crippen molar-refractivity contribution in [2.45, 2.75) is 52.2 Å². The highest BCUT2D eigenvalue weighted by atomic mass is 32.2. The Hall–Kier alpha value is -0.820. The average Bonchev–Trinajstić information content (AvgIpc) is 2.83. The van der Waals surface area contributed by atoms with Gasteiger partial charge in [0.2, 0.25) is 0 Å². The fourth-order valence-electron chi connectivity index (χ4n) is 3.44. The lowest BCUT2D eigenvalue weighted by molar-refractivity contribution is -0.176. The van der Waals surface area contributed by atoms with E-state index in [9.17, 15) is 8.42 Å². The maximum Gasteiger partial charge on any atom is 0.191 e. The third-order valence-corrected chi connectivity index (χ3v) is 7.60. The van der Waals surface area contributed by atoms with Gasteiger partial charge in [-0.2, -0.15) is 0 Å². The number of guanidine groups is 1. The number of sulfone groups is 1. The summed E-state index contributed by atoms with van der Waals surface area (Å²) >= 11 is 0. The van der Waals surface area contributed by atoms with Crippen LogP contribution in [0.5, 0.6) is 0 Å². The summed E-state index contributed by atoms with van der Waals surface area (Å²) in [5, 5.41) is 6.75. The van der Waals surface area contributed by atoms with Gasteiger partial charge in [0.15, 0.2) is 15.8 Å². The molecular weight excluding hydrogens is 314 g/mol. The van der Waals surface area contributed by atoms with Crippen LogP contribution in [0.3, 0.4) is 0 Å². The zero-order valence-corrected chi connectivity index (χ0v) is 15.8. The Bertz CT molecular complexity index is 559. The lowest BCUT2D eigenvalue weighted by Gasteiger charge is -2.59. The number of nitrogens with zero attached hydrogens (tertiary/aromatic N) is 1. The van der Waals surface area contributed by atoms with Crippen LogP contribution in [0.2, 0.25) is 0 Å². The van der Waals surface area contributed by atoms with E-state index in [1.165, 1.54) is 0 Å². The molecule has 6 nitrogen and oxygen atoms in total. The molecule has 0 radical (unpaired) electrons. The summed E-state index contributed by atoms with van der Waals surface area (Å²) in [5.41, 5.74) is -0.115. The van der Waals surface area contributed by atoms with Crippen molar-refractivity contribution < 1.29 is 13.2 Å². The Kier molecular flexibility index (Phi) is 5.31. The molecule has 2 N–H and O–H groups in total. The molecule has 23 heavy (non-hydrogen) atoms. The van der Waals surface area contributed by atoms with Gasteiger partial charge in [-0.3, -0.25) is 4.99 Å². The van der Waals surface area contributed by atoms with Gasteiger partial charge in [-0.25, -0.2) is 8.42 Å². The first-order valence-electron chi connectivity index (χ1n) is 8.44. The van der Waals surface area contributed by atoms with Crippen LogP contribution < -0.4 is 10.6 Å². The summed E-state index contributed by atoms with van der Waals surface area (Å²) in [6, 6.07) is 0.289. The summed E-state index contributed by atoms with van der Waals surface area (Å²) in [5.74, 6) is 1.49. The fraction of sp³-hybridized carbons (Fsp3) is 0.938. The van der Waals surface area contributed by atoms with Crippen molar-refractivity contribution >= 4 is 15.8 Å². The molecule has 2 rings (SSSR count). The van der Waals surface area contributed by atoms with Gasteiger partial charge in [-0.15, -0.1) is 0 Å². The topological polar surface area (TPSA) is 79.8 Å². The molecule has 134 valence electrons. The number of hydrogen-bond donors (Lipinski definition) is 2. The van der Waals surface area contributed by atoms with Crippen molar-refractivity contribution in [2.24, 2.45) is 16.3 Å². The van der Waals surface area contributed by atoms with Gasteiger partial charge in [0.25, 0.3) is 0 Å². The molecule has 1 saturated carbocycles. The molecule has 7 heteroatoms. The largest absolute Gasteiger partial charge is 0.378 e. The highest BCUT2D eigenvalue weighted by molar-refractivity contribution is 7.91. The van der Waals surface area contributed by atoms with Crippen LogP contribution in [0, 0.1) is 11.3 Å². The van der Waals surface area contributed by atoms with Crippen molar-refractivity contribution in [3.05, 3.63) is 0 Å². The SMILES string of the molecule is CCNC(=NCC1CCS(=O)(=O)C1)NC1CC(C)(OC)C1(C)C. The van der Waals surface area contributed by atoms with Crippen molar-refractivity contribution in [1.82, 2.24) is 10.6 Å². The zero-order chi connectivity index (χ0) is 17.3. The second kappa shape index (κ2) is 6.59. The van der Waals surface area contributed by atoms with E-state index in [1.54, 1.807) is 7.11 Å². The van der Waals surface area contributed by atoms with Gasteiger partial charge in [-0.1, -0.05) is 13.8 Å². The van der Waals surface area contributed by atoms with Crippen molar-refractivity contribution in [1.29, 1.82) is 0 Å². The molecule has 1 heterocycles. The lowest BCUT2D eigenvalue weighted by Crippen LogP contribution is -2.69. The van der Waals surface area contributed by atoms with Gasteiger partial charge in [-0.05, 0) is 32.6 Å². The van der Waals surface area contributed by atoms with E-state index in [0.29, 0.717) is 12.3 Å². The highest BCUT2D eigenvalue weighted by Gasteiger charge is 2.58. The Morgan fingerprint density at radius 2 is 2.04 bits per heavy atom. The minimum Gasteiger partial charge on any atom is -0.378 e. The molecule has 0 amide bonds. The number of rotatable bonds is 5. The molecule has 3 atom stereocenters. The van der Waals surface area contributed by atoms with E-state index >= 15 is 0 Å². The van der Waals surface area contributed by atoms with Crippen LogP contribution in [0.15, 0.2) is 4.99 Å². The summed E-state index contributed by atoms with van der Waals surface area (Å²) in [4.78, 5) is 4.61. The van der Waals surface area contributed by atoms with Gasteiger partial charge in [0, 0.05) is 31.7 Å². The Morgan fingerprint density at radius 3 is 2.52 bits per heavy atom. The van der Waals surface area contributed by atoms with Crippen molar-refractivity contribution in [3.63, 3.8) is 0 Å². The van der Waals surface area contributed by atoms with Crippen molar-refractivity contribution in [3.8, 4) is 0 Å². The predicted octanol–water partition coefficient (Wildman–Crippen LogP) is 1.18. The molecule has 0 spiro atoms. The molecule has 1 saturated heterocycles. The average molecular weight is 346 g/mol. The van der Waals surface area contributed by atoms with Crippen molar-refractivity contribution in [2.75, 3.05) is 31.7 Å². The van der Waals surface area contributed by atoms with Gasteiger partial charge < -0.3 is 15.4 Å². The van der Waals surface area contributed by atoms with Crippen LogP contribution in [0.1, 0.15) is 40.5 Å². The zero-order valence-electron chi connectivity index (χ0n) is 15.0. The summed E-state index contributed by atoms with van der Waals surface area (Å²) in [6.45, 7) is 9.91. The van der Waals surface area contributed by atoms with E-state index in [4.69, 9.17) is 4.74 Å². The van der Waals surface area contributed by atoms with Crippen LogP contribution in [0.4, 0.5) is 0 Å². The number of methoxy groups -OCH3 is 1. The minimum absolute atomic E-state index is 0.00857. The second-order valence-electron chi connectivity index (χ2n) is 7.55. The number of aliphatic imine (C=N–C) groups is 1.